The molecule has 0 saturated heterocycles. The maximum absolute atomic E-state index is 4.53. The maximum atomic E-state index is 4.53. The van der Waals surface area contributed by atoms with Gasteiger partial charge in [0.2, 0.25) is 0 Å². The van der Waals surface area contributed by atoms with Crippen LogP contribution >= 0.6 is 0 Å². The summed E-state index contributed by atoms with van der Waals surface area (Å²) in [7, 11) is 0. The lowest BCUT2D eigenvalue weighted by Crippen LogP contribution is -2.14. The van der Waals surface area contributed by atoms with Gasteiger partial charge in [0.05, 0.1) is 23.3 Å². The topological polar surface area (TPSA) is 69.4 Å². The molecule has 0 aliphatic rings. The second kappa shape index (κ2) is 4.85. The van der Waals surface area contributed by atoms with Crippen molar-refractivity contribution in [2.45, 2.75) is 26.9 Å². The SMILES string of the molecule is Cc1n[nH]c(C)c1CNCc1nc2ccccc2[nH]1. The van der Waals surface area contributed by atoms with E-state index in [1.165, 1.54) is 5.56 Å². The van der Waals surface area contributed by atoms with Gasteiger partial charge in [0.25, 0.3) is 0 Å². The van der Waals surface area contributed by atoms with E-state index in [-0.39, 0.29) is 0 Å². The van der Waals surface area contributed by atoms with Crippen molar-refractivity contribution in [1.82, 2.24) is 25.5 Å². The third-order valence-corrected chi connectivity index (χ3v) is 3.31. The van der Waals surface area contributed by atoms with E-state index in [0.717, 1.165) is 41.3 Å². The number of nitrogens with one attached hydrogen (secondary N) is 3. The molecule has 19 heavy (non-hydrogen) atoms. The Morgan fingerprint density at radius 1 is 1.16 bits per heavy atom. The summed E-state index contributed by atoms with van der Waals surface area (Å²) in [6.45, 7) is 5.57. The molecule has 0 amide bonds. The molecule has 1 aromatic carbocycles. The fraction of sp³-hybridized carbons (Fsp3) is 0.286. The molecule has 0 aliphatic heterocycles. The van der Waals surface area contributed by atoms with Crippen LogP contribution in [0, 0.1) is 13.8 Å². The number of aromatic nitrogens is 4. The van der Waals surface area contributed by atoms with Crippen LogP contribution in [0.25, 0.3) is 11.0 Å². The maximum Gasteiger partial charge on any atom is 0.121 e. The Balaban J connectivity index is 1.66. The van der Waals surface area contributed by atoms with Crippen molar-refractivity contribution in [3.05, 3.63) is 47.0 Å². The molecule has 0 saturated carbocycles. The number of benzene rings is 1. The van der Waals surface area contributed by atoms with Crippen LogP contribution in [0.2, 0.25) is 0 Å². The Kier molecular flexibility index (Phi) is 3.05. The molecule has 5 nitrogen and oxygen atoms in total. The Hall–Kier alpha value is -2.14. The van der Waals surface area contributed by atoms with Crippen molar-refractivity contribution in [3.8, 4) is 0 Å². The van der Waals surface area contributed by atoms with Crippen molar-refractivity contribution in [2.75, 3.05) is 0 Å². The van der Waals surface area contributed by atoms with Crippen LogP contribution in [0.3, 0.4) is 0 Å². The second-order valence-electron chi connectivity index (χ2n) is 4.72. The van der Waals surface area contributed by atoms with Crippen LogP contribution in [0.1, 0.15) is 22.8 Å². The number of rotatable bonds is 4. The molecule has 2 aromatic heterocycles. The minimum atomic E-state index is 0.721. The highest BCUT2D eigenvalue weighted by molar-refractivity contribution is 5.74. The first kappa shape index (κ1) is 11.9. The minimum absolute atomic E-state index is 0.721. The summed E-state index contributed by atoms with van der Waals surface area (Å²) in [4.78, 5) is 7.84. The van der Waals surface area contributed by atoms with Gasteiger partial charge < -0.3 is 10.3 Å². The number of aromatic amines is 2. The summed E-state index contributed by atoms with van der Waals surface area (Å²) in [5.41, 5.74) is 5.49. The first-order chi connectivity index (χ1) is 9.24. The molecule has 0 radical (unpaired) electrons. The van der Waals surface area contributed by atoms with E-state index < -0.39 is 0 Å². The number of hydrogen-bond donors (Lipinski definition) is 3. The van der Waals surface area contributed by atoms with Gasteiger partial charge in [-0.25, -0.2) is 4.98 Å². The summed E-state index contributed by atoms with van der Waals surface area (Å²) in [6.07, 6.45) is 0. The fourth-order valence-corrected chi connectivity index (χ4v) is 2.23. The molecule has 98 valence electrons. The number of nitrogens with zero attached hydrogens (tertiary/aromatic N) is 2. The van der Waals surface area contributed by atoms with Crippen LogP contribution in [-0.2, 0) is 13.1 Å². The van der Waals surface area contributed by atoms with Crippen molar-refractivity contribution >= 4 is 11.0 Å². The molecule has 0 bridgehead atoms. The predicted molar refractivity (Wildman–Crippen MR) is 74.7 cm³/mol. The van der Waals surface area contributed by atoms with Crippen LogP contribution < -0.4 is 5.32 Å². The Bertz CT molecular complexity index is 642. The summed E-state index contributed by atoms with van der Waals surface area (Å²) in [6, 6.07) is 8.06. The largest absolute Gasteiger partial charge is 0.341 e. The Labute approximate surface area is 111 Å². The van der Waals surface area contributed by atoms with Gasteiger partial charge in [-0.15, -0.1) is 0 Å². The quantitative estimate of drug-likeness (QED) is 0.669. The molecular weight excluding hydrogens is 238 g/mol. The van der Waals surface area contributed by atoms with Gasteiger partial charge in [0, 0.05) is 17.8 Å². The monoisotopic (exact) mass is 255 g/mol. The van der Waals surface area contributed by atoms with Crippen molar-refractivity contribution in [3.63, 3.8) is 0 Å². The molecular formula is C14H17N5. The number of para-hydroxylation sites is 2. The van der Waals surface area contributed by atoms with Crippen molar-refractivity contribution in [2.24, 2.45) is 0 Å². The van der Waals surface area contributed by atoms with Gasteiger partial charge in [0.15, 0.2) is 0 Å². The summed E-state index contributed by atoms with van der Waals surface area (Å²) >= 11 is 0. The molecule has 0 spiro atoms. The lowest BCUT2D eigenvalue weighted by molar-refractivity contribution is 0.666. The normalized spacial score (nSPS) is 11.3. The standard InChI is InChI=1S/C14H17N5/c1-9-11(10(2)19-18-9)7-15-8-14-16-12-5-3-4-6-13(12)17-14/h3-6,15H,7-8H2,1-2H3,(H,16,17)(H,18,19). The zero-order chi connectivity index (χ0) is 13.2. The van der Waals surface area contributed by atoms with Crippen LogP contribution in [0.15, 0.2) is 24.3 Å². The predicted octanol–water partition coefficient (Wildman–Crippen LogP) is 2.19. The smallest absolute Gasteiger partial charge is 0.121 e. The molecule has 3 aromatic rings. The van der Waals surface area contributed by atoms with Gasteiger partial charge in [-0.05, 0) is 26.0 Å². The van der Waals surface area contributed by atoms with E-state index in [0.29, 0.717) is 0 Å². The van der Waals surface area contributed by atoms with Crippen LogP contribution in [0.5, 0.6) is 0 Å². The molecule has 0 atom stereocenters. The molecule has 3 N–H and O–H groups in total. The molecule has 0 aliphatic carbocycles. The highest BCUT2D eigenvalue weighted by Gasteiger charge is 2.06. The zero-order valence-corrected chi connectivity index (χ0v) is 11.1. The van der Waals surface area contributed by atoms with Gasteiger partial charge in [-0.3, -0.25) is 5.10 Å². The first-order valence-electron chi connectivity index (χ1n) is 6.39. The van der Waals surface area contributed by atoms with Crippen LogP contribution in [-0.4, -0.2) is 20.2 Å². The van der Waals surface area contributed by atoms with E-state index >= 15 is 0 Å². The molecule has 0 unspecified atom stereocenters. The van der Waals surface area contributed by atoms with Gasteiger partial charge >= 0.3 is 0 Å². The lowest BCUT2D eigenvalue weighted by Gasteiger charge is -2.02. The fourth-order valence-electron chi connectivity index (χ4n) is 2.23. The van der Waals surface area contributed by atoms with E-state index in [2.05, 4.69) is 25.5 Å². The summed E-state index contributed by atoms with van der Waals surface area (Å²) < 4.78 is 0. The number of fused-ring (bicyclic) bond motifs is 1. The molecule has 3 rings (SSSR count). The van der Waals surface area contributed by atoms with Crippen molar-refractivity contribution in [1.29, 1.82) is 0 Å². The third kappa shape index (κ3) is 2.37. The van der Waals surface area contributed by atoms with Gasteiger partial charge in [0.1, 0.15) is 5.82 Å². The Morgan fingerprint density at radius 3 is 2.74 bits per heavy atom. The molecule has 2 heterocycles. The highest BCUT2D eigenvalue weighted by Crippen LogP contribution is 2.11. The van der Waals surface area contributed by atoms with Crippen molar-refractivity contribution < 1.29 is 0 Å². The van der Waals surface area contributed by atoms with E-state index in [1.807, 2.05) is 38.1 Å². The van der Waals surface area contributed by atoms with Crippen LogP contribution in [0.4, 0.5) is 0 Å². The zero-order valence-electron chi connectivity index (χ0n) is 11.1. The average Bonchev–Trinajstić information content (AvgIpc) is 2.95. The first-order valence-corrected chi connectivity index (χ1v) is 6.39. The van der Waals surface area contributed by atoms with Gasteiger partial charge in [-0.1, -0.05) is 12.1 Å². The lowest BCUT2D eigenvalue weighted by atomic mass is 10.2. The minimum Gasteiger partial charge on any atom is -0.341 e. The van der Waals surface area contributed by atoms with E-state index in [4.69, 9.17) is 0 Å². The van der Waals surface area contributed by atoms with E-state index in [1.54, 1.807) is 0 Å². The number of hydrogen-bond acceptors (Lipinski definition) is 3. The number of H-pyrrole nitrogens is 2. The summed E-state index contributed by atoms with van der Waals surface area (Å²) in [5.74, 6) is 0.958. The highest BCUT2D eigenvalue weighted by atomic mass is 15.1. The number of aryl methyl sites for hydroxylation is 2. The van der Waals surface area contributed by atoms with E-state index in [9.17, 15) is 0 Å². The molecule has 5 heteroatoms. The van der Waals surface area contributed by atoms with Gasteiger partial charge in [-0.2, -0.15) is 5.10 Å². The summed E-state index contributed by atoms with van der Waals surface area (Å²) in [5, 5.41) is 10.6. The molecule has 0 fully saturated rings. The third-order valence-electron chi connectivity index (χ3n) is 3.31. The average molecular weight is 255 g/mol. The Morgan fingerprint density at radius 2 is 2.00 bits per heavy atom. The number of imidazole rings is 1. The second-order valence-corrected chi connectivity index (χ2v) is 4.72.